The summed E-state index contributed by atoms with van der Waals surface area (Å²) in [4.78, 5) is 16.3. The minimum absolute atomic E-state index is 0.174. The maximum Gasteiger partial charge on any atom is 0.241 e. The average Bonchev–Trinajstić information content (AvgIpc) is 2.41. The molecule has 19 heavy (non-hydrogen) atoms. The summed E-state index contributed by atoms with van der Waals surface area (Å²) in [6.07, 6.45) is 0. The number of anilines is 1. The van der Waals surface area contributed by atoms with E-state index in [1.807, 2.05) is 30.0 Å². The Bertz CT molecular complexity index is 456. The van der Waals surface area contributed by atoms with Crippen LogP contribution in [0.4, 0.5) is 5.69 Å². The quantitative estimate of drug-likeness (QED) is 0.922. The number of hydrogen-bond acceptors (Lipinski definition) is 3. The van der Waals surface area contributed by atoms with Crippen LogP contribution in [0.15, 0.2) is 22.7 Å². The van der Waals surface area contributed by atoms with E-state index < -0.39 is 0 Å². The number of likely N-dealkylation sites (N-methyl/N-ethyl adjacent to an activating group) is 1. The Hall–Kier alpha value is -1.07. The Balaban J connectivity index is 1.88. The molecule has 0 aliphatic carbocycles. The molecule has 0 aromatic heterocycles. The fourth-order valence-corrected chi connectivity index (χ4v) is 2.50. The van der Waals surface area contributed by atoms with Gasteiger partial charge in [0.25, 0.3) is 0 Å². The first-order valence-corrected chi connectivity index (χ1v) is 7.32. The Kier molecular flexibility index (Phi) is 4.82. The molecular formula is C14H20BrN3O. The Labute approximate surface area is 122 Å². The van der Waals surface area contributed by atoms with Crippen LogP contribution in [-0.4, -0.2) is 55.5 Å². The van der Waals surface area contributed by atoms with Crippen LogP contribution in [0.1, 0.15) is 5.56 Å². The van der Waals surface area contributed by atoms with Crippen LogP contribution in [0.3, 0.4) is 0 Å². The third-order valence-corrected chi connectivity index (χ3v) is 4.41. The van der Waals surface area contributed by atoms with E-state index in [-0.39, 0.29) is 5.91 Å². The van der Waals surface area contributed by atoms with E-state index in [0.717, 1.165) is 41.9 Å². The third-order valence-electron chi connectivity index (χ3n) is 3.55. The Morgan fingerprint density at radius 3 is 2.68 bits per heavy atom. The number of benzene rings is 1. The number of piperazine rings is 1. The number of nitrogens with zero attached hydrogens (tertiary/aromatic N) is 2. The standard InChI is InChI=1S/C14H20BrN3O/c1-11-12(15)4-3-5-13(11)16-10-14(19)18-8-6-17(2)7-9-18/h3-5,16H,6-10H2,1-2H3. The number of rotatable bonds is 3. The van der Waals surface area contributed by atoms with Crippen molar-refractivity contribution in [2.75, 3.05) is 45.1 Å². The summed E-state index contributed by atoms with van der Waals surface area (Å²) in [6.45, 7) is 5.97. The lowest BCUT2D eigenvalue weighted by Crippen LogP contribution is -2.48. The van der Waals surface area contributed by atoms with Gasteiger partial charge in [0.1, 0.15) is 0 Å². The topological polar surface area (TPSA) is 35.6 Å². The van der Waals surface area contributed by atoms with E-state index in [9.17, 15) is 4.79 Å². The Morgan fingerprint density at radius 2 is 2.00 bits per heavy atom. The number of halogens is 1. The van der Waals surface area contributed by atoms with E-state index in [4.69, 9.17) is 0 Å². The molecule has 1 N–H and O–H groups in total. The number of nitrogens with one attached hydrogen (secondary N) is 1. The van der Waals surface area contributed by atoms with Crippen molar-refractivity contribution in [2.45, 2.75) is 6.92 Å². The molecule has 1 heterocycles. The van der Waals surface area contributed by atoms with Gasteiger partial charge in [0.15, 0.2) is 0 Å². The molecule has 2 rings (SSSR count). The summed E-state index contributed by atoms with van der Waals surface area (Å²) < 4.78 is 1.06. The molecule has 4 nitrogen and oxygen atoms in total. The predicted octanol–water partition coefficient (Wildman–Crippen LogP) is 1.94. The smallest absolute Gasteiger partial charge is 0.241 e. The minimum Gasteiger partial charge on any atom is -0.376 e. The zero-order valence-electron chi connectivity index (χ0n) is 11.4. The monoisotopic (exact) mass is 325 g/mol. The first-order valence-electron chi connectivity index (χ1n) is 6.53. The number of hydrogen-bond donors (Lipinski definition) is 1. The molecule has 5 heteroatoms. The summed E-state index contributed by atoms with van der Waals surface area (Å²) in [5.74, 6) is 0.174. The highest BCUT2D eigenvalue weighted by atomic mass is 79.9. The van der Waals surface area contributed by atoms with E-state index in [2.05, 4.69) is 33.2 Å². The van der Waals surface area contributed by atoms with Crippen LogP contribution < -0.4 is 5.32 Å². The van der Waals surface area contributed by atoms with Crippen molar-refractivity contribution < 1.29 is 4.79 Å². The van der Waals surface area contributed by atoms with Crippen molar-refractivity contribution in [3.8, 4) is 0 Å². The van der Waals surface area contributed by atoms with Gasteiger partial charge >= 0.3 is 0 Å². The molecule has 0 unspecified atom stereocenters. The van der Waals surface area contributed by atoms with Gasteiger partial charge in [-0.05, 0) is 31.7 Å². The highest BCUT2D eigenvalue weighted by Crippen LogP contribution is 2.23. The summed E-state index contributed by atoms with van der Waals surface area (Å²) in [5, 5.41) is 3.23. The summed E-state index contributed by atoms with van der Waals surface area (Å²) in [6, 6.07) is 5.97. The minimum atomic E-state index is 0.174. The molecule has 1 saturated heterocycles. The molecule has 0 saturated carbocycles. The lowest BCUT2D eigenvalue weighted by molar-refractivity contribution is -0.130. The molecule has 0 spiro atoms. The van der Waals surface area contributed by atoms with Crippen LogP contribution >= 0.6 is 15.9 Å². The number of carbonyl (C=O) groups is 1. The molecule has 1 amide bonds. The fourth-order valence-electron chi connectivity index (χ4n) is 2.14. The SMILES string of the molecule is Cc1c(Br)cccc1NCC(=O)N1CCN(C)CC1. The third kappa shape index (κ3) is 3.70. The summed E-state index contributed by atoms with van der Waals surface area (Å²) in [5.41, 5.74) is 2.14. The molecule has 0 atom stereocenters. The molecular weight excluding hydrogens is 306 g/mol. The zero-order valence-corrected chi connectivity index (χ0v) is 13.0. The van der Waals surface area contributed by atoms with Crippen LogP contribution in [0.5, 0.6) is 0 Å². The highest BCUT2D eigenvalue weighted by Gasteiger charge is 2.18. The molecule has 1 aliphatic heterocycles. The van der Waals surface area contributed by atoms with Crippen LogP contribution in [-0.2, 0) is 4.79 Å². The highest BCUT2D eigenvalue weighted by molar-refractivity contribution is 9.10. The predicted molar refractivity (Wildman–Crippen MR) is 81.4 cm³/mol. The van der Waals surface area contributed by atoms with Crippen LogP contribution in [0.25, 0.3) is 0 Å². The summed E-state index contributed by atoms with van der Waals surface area (Å²) >= 11 is 3.50. The van der Waals surface area contributed by atoms with Crippen molar-refractivity contribution in [3.63, 3.8) is 0 Å². The van der Waals surface area contributed by atoms with Crippen molar-refractivity contribution in [1.29, 1.82) is 0 Å². The van der Waals surface area contributed by atoms with E-state index in [0.29, 0.717) is 6.54 Å². The molecule has 0 bridgehead atoms. The molecule has 0 radical (unpaired) electrons. The van der Waals surface area contributed by atoms with Gasteiger partial charge in [0, 0.05) is 36.3 Å². The van der Waals surface area contributed by atoms with Gasteiger partial charge in [0.2, 0.25) is 5.91 Å². The molecule has 1 aromatic carbocycles. The molecule has 1 fully saturated rings. The number of amides is 1. The van der Waals surface area contributed by atoms with Gasteiger partial charge in [-0.1, -0.05) is 22.0 Å². The number of carbonyl (C=O) groups excluding carboxylic acids is 1. The van der Waals surface area contributed by atoms with Gasteiger partial charge in [-0.2, -0.15) is 0 Å². The lowest BCUT2D eigenvalue weighted by atomic mass is 10.2. The second kappa shape index (κ2) is 6.39. The normalized spacial score (nSPS) is 16.5. The van der Waals surface area contributed by atoms with Gasteiger partial charge in [-0.3, -0.25) is 4.79 Å². The van der Waals surface area contributed by atoms with Gasteiger partial charge in [-0.15, -0.1) is 0 Å². The van der Waals surface area contributed by atoms with Crippen molar-refractivity contribution in [1.82, 2.24) is 9.80 Å². The van der Waals surface area contributed by atoms with Crippen LogP contribution in [0, 0.1) is 6.92 Å². The van der Waals surface area contributed by atoms with E-state index in [1.165, 1.54) is 0 Å². The van der Waals surface area contributed by atoms with Crippen LogP contribution in [0.2, 0.25) is 0 Å². The maximum absolute atomic E-state index is 12.1. The first kappa shape index (κ1) is 14.3. The zero-order chi connectivity index (χ0) is 13.8. The maximum atomic E-state index is 12.1. The second-order valence-electron chi connectivity index (χ2n) is 4.95. The second-order valence-corrected chi connectivity index (χ2v) is 5.80. The van der Waals surface area contributed by atoms with Gasteiger partial charge < -0.3 is 15.1 Å². The average molecular weight is 326 g/mol. The largest absolute Gasteiger partial charge is 0.376 e. The Morgan fingerprint density at radius 1 is 1.32 bits per heavy atom. The van der Waals surface area contributed by atoms with Crippen molar-refractivity contribution in [2.24, 2.45) is 0 Å². The van der Waals surface area contributed by atoms with Gasteiger partial charge in [0.05, 0.1) is 6.54 Å². The summed E-state index contributed by atoms with van der Waals surface area (Å²) in [7, 11) is 2.09. The van der Waals surface area contributed by atoms with E-state index in [1.54, 1.807) is 0 Å². The molecule has 1 aliphatic rings. The van der Waals surface area contributed by atoms with Crippen molar-refractivity contribution >= 4 is 27.5 Å². The first-order chi connectivity index (χ1) is 9.08. The van der Waals surface area contributed by atoms with Crippen molar-refractivity contribution in [3.05, 3.63) is 28.2 Å². The lowest BCUT2D eigenvalue weighted by Gasteiger charge is -2.32. The van der Waals surface area contributed by atoms with Gasteiger partial charge in [-0.25, -0.2) is 0 Å². The molecule has 104 valence electrons. The fraction of sp³-hybridized carbons (Fsp3) is 0.500. The molecule has 1 aromatic rings. The van der Waals surface area contributed by atoms with E-state index >= 15 is 0 Å².